The molecule has 3 aromatic rings. The molecule has 0 bridgehead atoms. The van der Waals surface area contributed by atoms with Crippen molar-refractivity contribution in [1.82, 2.24) is 19.7 Å². The van der Waals surface area contributed by atoms with Crippen molar-refractivity contribution in [2.45, 2.75) is 52.0 Å². The third kappa shape index (κ3) is 4.88. The summed E-state index contributed by atoms with van der Waals surface area (Å²) in [5.74, 6) is 0.996. The Bertz CT molecular complexity index is 924. The Morgan fingerprint density at radius 1 is 1.11 bits per heavy atom. The lowest BCUT2D eigenvalue weighted by molar-refractivity contribution is 0.553. The number of hydrogen-bond donors (Lipinski definition) is 2. The highest BCUT2D eigenvalue weighted by Gasteiger charge is 2.20. The van der Waals surface area contributed by atoms with Gasteiger partial charge in [0.25, 0.3) is 0 Å². The highest BCUT2D eigenvalue weighted by molar-refractivity contribution is 5.61. The van der Waals surface area contributed by atoms with Crippen LogP contribution < -0.4 is 11.1 Å². The Morgan fingerprint density at radius 3 is 2.46 bits per heavy atom. The fourth-order valence-electron chi connectivity index (χ4n) is 3.10. The van der Waals surface area contributed by atoms with E-state index in [4.69, 9.17) is 5.73 Å². The van der Waals surface area contributed by atoms with Gasteiger partial charge in [-0.05, 0) is 31.4 Å². The van der Waals surface area contributed by atoms with Crippen LogP contribution >= 0.6 is 0 Å². The van der Waals surface area contributed by atoms with E-state index < -0.39 is 0 Å². The summed E-state index contributed by atoms with van der Waals surface area (Å²) in [5, 5.41) is 8.10. The van der Waals surface area contributed by atoms with Gasteiger partial charge in [0.1, 0.15) is 5.82 Å². The molecule has 0 fully saturated rings. The van der Waals surface area contributed by atoms with Crippen molar-refractivity contribution in [2.75, 3.05) is 11.1 Å². The summed E-state index contributed by atoms with van der Waals surface area (Å²) in [5.41, 5.74) is 10.0. The van der Waals surface area contributed by atoms with Gasteiger partial charge in [0.15, 0.2) is 0 Å². The van der Waals surface area contributed by atoms with Gasteiger partial charge in [-0.3, -0.25) is 4.68 Å². The molecule has 148 valence electrons. The van der Waals surface area contributed by atoms with Gasteiger partial charge < -0.3 is 11.1 Å². The Labute approximate surface area is 167 Å². The zero-order chi connectivity index (χ0) is 20.3. The van der Waals surface area contributed by atoms with E-state index in [2.05, 4.69) is 78.4 Å². The number of aryl methyl sites for hydroxylation is 2. The molecule has 2 aromatic heterocycles. The van der Waals surface area contributed by atoms with Crippen molar-refractivity contribution in [3.8, 4) is 11.4 Å². The molecule has 0 saturated heterocycles. The average molecular weight is 379 g/mol. The summed E-state index contributed by atoms with van der Waals surface area (Å²) >= 11 is 0. The molecule has 2 heterocycles. The second-order valence-electron chi connectivity index (χ2n) is 8.35. The normalized spacial score (nSPS) is 12.8. The lowest BCUT2D eigenvalue weighted by Gasteiger charge is -2.15. The smallest absolute Gasteiger partial charge is 0.222 e. The van der Waals surface area contributed by atoms with E-state index in [9.17, 15) is 0 Å². The first-order valence-electron chi connectivity index (χ1n) is 9.72. The van der Waals surface area contributed by atoms with Crippen LogP contribution in [0.2, 0.25) is 0 Å². The maximum absolute atomic E-state index is 5.99. The molecule has 6 nitrogen and oxygen atoms in total. The van der Waals surface area contributed by atoms with Crippen LogP contribution in [-0.4, -0.2) is 25.8 Å². The van der Waals surface area contributed by atoms with E-state index in [-0.39, 0.29) is 17.4 Å². The topological polar surface area (TPSA) is 81.7 Å². The molecule has 0 aliphatic heterocycles. The minimum absolute atomic E-state index is 0.0262. The van der Waals surface area contributed by atoms with Crippen molar-refractivity contribution in [3.63, 3.8) is 0 Å². The van der Waals surface area contributed by atoms with Gasteiger partial charge in [-0.25, -0.2) is 4.98 Å². The fraction of sp³-hybridized carbons (Fsp3) is 0.409. The molecule has 1 atom stereocenters. The standard InChI is InChI=1S/C22H30N6/c1-15(11-12-16-9-7-6-8-10-16)24-20-13-17(25-21(23)26-20)18-14-19(22(2,3)4)27-28(18)5/h6-10,13-15H,11-12H2,1-5H3,(H3,23,24,25,26)/t15-/m1/s1. The summed E-state index contributed by atoms with van der Waals surface area (Å²) in [4.78, 5) is 8.79. The zero-order valence-corrected chi connectivity index (χ0v) is 17.4. The lowest BCUT2D eigenvalue weighted by Crippen LogP contribution is -2.17. The predicted octanol–water partition coefficient (Wildman–Crippen LogP) is 4.19. The summed E-state index contributed by atoms with van der Waals surface area (Å²) in [6.07, 6.45) is 2.02. The maximum Gasteiger partial charge on any atom is 0.222 e. The number of aromatic nitrogens is 4. The van der Waals surface area contributed by atoms with Crippen LogP contribution in [-0.2, 0) is 18.9 Å². The van der Waals surface area contributed by atoms with Crippen LogP contribution in [0.5, 0.6) is 0 Å². The largest absolute Gasteiger partial charge is 0.368 e. The van der Waals surface area contributed by atoms with Crippen molar-refractivity contribution in [2.24, 2.45) is 7.05 Å². The lowest BCUT2D eigenvalue weighted by atomic mass is 9.92. The van der Waals surface area contributed by atoms with Crippen molar-refractivity contribution >= 4 is 11.8 Å². The number of nitrogen functional groups attached to an aromatic ring is 1. The van der Waals surface area contributed by atoms with Gasteiger partial charge in [-0.15, -0.1) is 0 Å². The molecule has 1 aromatic carbocycles. The second-order valence-corrected chi connectivity index (χ2v) is 8.35. The molecule has 0 spiro atoms. The Morgan fingerprint density at radius 2 is 1.82 bits per heavy atom. The predicted molar refractivity (Wildman–Crippen MR) is 115 cm³/mol. The number of nitrogens with zero attached hydrogens (tertiary/aromatic N) is 4. The third-order valence-corrected chi connectivity index (χ3v) is 4.76. The highest BCUT2D eigenvalue weighted by Crippen LogP contribution is 2.27. The van der Waals surface area contributed by atoms with Crippen LogP contribution in [0.4, 0.5) is 11.8 Å². The van der Waals surface area contributed by atoms with E-state index in [1.54, 1.807) is 0 Å². The first kappa shape index (κ1) is 19.9. The molecule has 0 radical (unpaired) electrons. The average Bonchev–Trinajstić information content (AvgIpc) is 3.02. The number of nitrogens with one attached hydrogen (secondary N) is 1. The quantitative estimate of drug-likeness (QED) is 0.672. The van der Waals surface area contributed by atoms with E-state index in [1.165, 1.54) is 5.56 Å². The number of anilines is 2. The van der Waals surface area contributed by atoms with E-state index in [1.807, 2.05) is 23.9 Å². The molecule has 0 aliphatic carbocycles. The summed E-state index contributed by atoms with van der Waals surface area (Å²) in [7, 11) is 1.93. The van der Waals surface area contributed by atoms with Gasteiger partial charge in [0, 0.05) is 24.6 Å². The van der Waals surface area contributed by atoms with E-state index in [0.29, 0.717) is 0 Å². The van der Waals surface area contributed by atoms with Crippen molar-refractivity contribution in [3.05, 3.63) is 53.7 Å². The van der Waals surface area contributed by atoms with Crippen LogP contribution in [0.15, 0.2) is 42.5 Å². The Balaban J connectivity index is 1.75. The fourth-order valence-corrected chi connectivity index (χ4v) is 3.10. The molecule has 3 N–H and O–H groups in total. The first-order valence-corrected chi connectivity index (χ1v) is 9.72. The van der Waals surface area contributed by atoms with Gasteiger partial charge in [0.05, 0.1) is 17.1 Å². The molecule has 0 aliphatic rings. The monoisotopic (exact) mass is 378 g/mol. The SMILES string of the molecule is C[C@H](CCc1ccccc1)Nc1cc(-c2cc(C(C)(C)C)nn2C)nc(N)n1. The van der Waals surface area contributed by atoms with E-state index in [0.717, 1.165) is 35.7 Å². The molecular weight excluding hydrogens is 348 g/mol. The van der Waals surface area contributed by atoms with Gasteiger partial charge in [-0.1, -0.05) is 51.1 Å². The van der Waals surface area contributed by atoms with Crippen LogP contribution in [0, 0.1) is 0 Å². The molecular formula is C22H30N6. The second kappa shape index (κ2) is 8.00. The summed E-state index contributed by atoms with van der Waals surface area (Å²) in [6.45, 7) is 8.60. The number of benzene rings is 1. The number of hydrogen-bond acceptors (Lipinski definition) is 5. The molecule has 0 unspecified atom stereocenters. The van der Waals surface area contributed by atoms with Gasteiger partial charge >= 0.3 is 0 Å². The molecule has 3 rings (SSSR count). The summed E-state index contributed by atoms with van der Waals surface area (Å²) in [6, 6.07) is 14.8. The van der Waals surface area contributed by atoms with Gasteiger partial charge in [-0.2, -0.15) is 10.1 Å². The minimum Gasteiger partial charge on any atom is -0.368 e. The first-order chi connectivity index (χ1) is 13.2. The van der Waals surface area contributed by atoms with Crippen LogP contribution in [0.3, 0.4) is 0 Å². The summed E-state index contributed by atoms with van der Waals surface area (Å²) < 4.78 is 1.85. The molecule has 6 heteroatoms. The minimum atomic E-state index is -0.0262. The van der Waals surface area contributed by atoms with Gasteiger partial charge in [0.2, 0.25) is 5.95 Å². The zero-order valence-electron chi connectivity index (χ0n) is 17.4. The highest BCUT2D eigenvalue weighted by atomic mass is 15.3. The Hall–Kier alpha value is -2.89. The molecule has 0 saturated carbocycles. The maximum atomic E-state index is 5.99. The van der Waals surface area contributed by atoms with E-state index >= 15 is 0 Å². The third-order valence-electron chi connectivity index (χ3n) is 4.76. The van der Waals surface area contributed by atoms with Crippen molar-refractivity contribution < 1.29 is 0 Å². The molecule has 0 amide bonds. The van der Waals surface area contributed by atoms with Crippen LogP contribution in [0.1, 0.15) is 45.4 Å². The number of rotatable bonds is 6. The molecule has 28 heavy (non-hydrogen) atoms. The van der Waals surface area contributed by atoms with Crippen LogP contribution in [0.25, 0.3) is 11.4 Å². The Kier molecular flexibility index (Phi) is 5.68. The van der Waals surface area contributed by atoms with Crippen molar-refractivity contribution in [1.29, 1.82) is 0 Å². The number of nitrogens with two attached hydrogens (primary N) is 1.